The van der Waals surface area contributed by atoms with Crippen molar-refractivity contribution in [2.45, 2.75) is 26.4 Å². The minimum Gasteiger partial charge on any atom is -0.507 e. The Morgan fingerprint density at radius 3 is 2.43 bits per heavy atom. The van der Waals surface area contributed by atoms with Gasteiger partial charge >= 0.3 is 0 Å². The maximum atomic E-state index is 13.0. The van der Waals surface area contributed by atoms with Crippen LogP contribution in [-0.4, -0.2) is 26.7 Å². The molecule has 0 aliphatic carbocycles. The first kappa shape index (κ1) is 19.6. The third-order valence-electron chi connectivity index (χ3n) is 5.30. The molecule has 1 aliphatic rings. The SMILES string of the molecule is Cc1ccc(/C(O)=C2/C(=O)C(=O)N(Cc3cccnc3)C2c2cccc(C)c2)cc1. The number of aliphatic hydroxyl groups excluding tert-OH is 1. The summed E-state index contributed by atoms with van der Waals surface area (Å²) in [6.45, 7) is 4.13. The van der Waals surface area contributed by atoms with Gasteiger partial charge in [-0.1, -0.05) is 65.7 Å². The van der Waals surface area contributed by atoms with Gasteiger partial charge in [0, 0.05) is 24.5 Å². The summed E-state index contributed by atoms with van der Waals surface area (Å²) in [6.07, 6.45) is 3.33. The van der Waals surface area contributed by atoms with Gasteiger partial charge in [-0.15, -0.1) is 0 Å². The van der Waals surface area contributed by atoms with Crippen LogP contribution in [0.1, 0.15) is 33.9 Å². The summed E-state index contributed by atoms with van der Waals surface area (Å²) in [4.78, 5) is 31.6. The highest BCUT2D eigenvalue weighted by Gasteiger charge is 2.46. The Balaban J connectivity index is 1.87. The van der Waals surface area contributed by atoms with Gasteiger partial charge in [0.2, 0.25) is 0 Å². The molecule has 1 unspecified atom stereocenters. The number of pyridine rings is 1. The summed E-state index contributed by atoms with van der Waals surface area (Å²) in [5.41, 5.74) is 4.27. The van der Waals surface area contributed by atoms with E-state index in [4.69, 9.17) is 0 Å². The first-order valence-corrected chi connectivity index (χ1v) is 9.76. The van der Waals surface area contributed by atoms with Crippen LogP contribution < -0.4 is 0 Å². The normalized spacial score (nSPS) is 18.1. The smallest absolute Gasteiger partial charge is 0.295 e. The highest BCUT2D eigenvalue weighted by molar-refractivity contribution is 6.46. The van der Waals surface area contributed by atoms with Gasteiger partial charge in [-0.25, -0.2) is 0 Å². The van der Waals surface area contributed by atoms with Crippen molar-refractivity contribution >= 4 is 17.4 Å². The molecule has 30 heavy (non-hydrogen) atoms. The topological polar surface area (TPSA) is 70.5 Å². The maximum absolute atomic E-state index is 13.0. The van der Waals surface area contributed by atoms with Crippen LogP contribution in [0.3, 0.4) is 0 Å². The van der Waals surface area contributed by atoms with Crippen molar-refractivity contribution in [1.82, 2.24) is 9.88 Å². The van der Waals surface area contributed by atoms with Crippen molar-refractivity contribution in [2.75, 3.05) is 0 Å². The van der Waals surface area contributed by atoms with Crippen molar-refractivity contribution in [3.05, 3.63) is 106 Å². The lowest BCUT2D eigenvalue weighted by Gasteiger charge is -2.25. The number of benzene rings is 2. The first-order chi connectivity index (χ1) is 14.5. The second-order valence-electron chi connectivity index (χ2n) is 7.57. The van der Waals surface area contributed by atoms with Gasteiger partial charge < -0.3 is 10.0 Å². The first-order valence-electron chi connectivity index (χ1n) is 9.76. The molecule has 2 heterocycles. The standard InChI is InChI=1S/C25H22N2O3/c1-16-8-10-19(11-9-16)23(28)21-22(20-7-3-5-17(2)13-20)27(25(30)24(21)29)15-18-6-4-12-26-14-18/h3-14,22,28H,15H2,1-2H3/b23-21-. The Bertz CT molecular complexity index is 1130. The van der Waals surface area contributed by atoms with Gasteiger partial charge in [0.1, 0.15) is 5.76 Å². The van der Waals surface area contributed by atoms with Crippen molar-refractivity contribution in [1.29, 1.82) is 0 Å². The number of carbonyl (C=O) groups excluding carboxylic acids is 2. The lowest BCUT2D eigenvalue weighted by atomic mass is 9.94. The van der Waals surface area contributed by atoms with Crippen LogP contribution in [0.4, 0.5) is 0 Å². The summed E-state index contributed by atoms with van der Waals surface area (Å²) < 4.78 is 0. The van der Waals surface area contributed by atoms with E-state index in [0.29, 0.717) is 5.56 Å². The molecule has 4 rings (SSSR count). The van der Waals surface area contributed by atoms with Crippen LogP contribution in [0.25, 0.3) is 5.76 Å². The van der Waals surface area contributed by atoms with Gasteiger partial charge in [-0.2, -0.15) is 0 Å². The number of Topliss-reactive ketones (excluding diaryl/α,β-unsaturated/α-hetero) is 1. The van der Waals surface area contributed by atoms with Crippen molar-refractivity contribution < 1.29 is 14.7 Å². The van der Waals surface area contributed by atoms with Gasteiger partial charge in [0.25, 0.3) is 11.7 Å². The highest BCUT2D eigenvalue weighted by Crippen LogP contribution is 2.40. The molecule has 1 atom stereocenters. The van der Waals surface area contributed by atoms with E-state index in [-0.39, 0.29) is 17.9 Å². The van der Waals surface area contributed by atoms with E-state index >= 15 is 0 Å². The van der Waals surface area contributed by atoms with Gasteiger partial charge in [0.05, 0.1) is 11.6 Å². The second-order valence-corrected chi connectivity index (χ2v) is 7.57. The number of ketones is 1. The second kappa shape index (κ2) is 7.95. The monoisotopic (exact) mass is 398 g/mol. The molecular formula is C25H22N2O3. The van der Waals surface area contributed by atoms with Gasteiger partial charge in [-0.05, 0) is 31.0 Å². The Hall–Kier alpha value is -3.73. The van der Waals surface area contributed by atoms with Crippen LogP contribution in [0.15, 0.2) is 78.6 Å². The van der Waals surface area contributed by atoms with Crippen molar-refractivity contribution in [3.8, 4) is 0 Å². The minimum atomic E-state index is -0.677. The molecule has 0 saturated carbocycles. The van der Waals surface area contributed by atoms with Crippen molar-refractivity contribution in [2.24, 2.45) is 0 Å². The zero-order chi connectivity index (χ0) is 21.3. The van der Waals surface area contributed by atoms with Gasteiger partial charge in [0.15, 0.2) is 0 Å². The molecule has 1 amide bonds. The molecule has 1 N–H and O–H groups in total. The molecule has 0 bridgehead atoms. The van der Waals surface area contributed by atoms with Gasteiger partial charge in [-0.3, -0.25) is 14.6 Å². The van der Waals surface area contributed by atoms with E-state index < -0.39 is 17.7 Å². The third-order valence-corrected chi connectivity index (χ3v) is 5.30. The Kier molecular flexibility index (Phi) is 5.19. The van der Waals surface area contributed by atoms with E-state index in [1.165, 1.54) is 4.90 Å². The quantitative estimate of drug-likeness (QED) is 0.404. The summed E-state index contributed by atoms with van der Waals surface area (Å²) in [5, 5.41) is 11.1. The zero-order valence-electron chi connectivity index (χ0n) is 16.9. The van der Waals surface area contributed by atoms with E-state index in [1.54, 1.807) is 30.6 Å². The Labute approximate surface area is 175 Å². The van der Waals surface area contributed by atoms with E-state index in [1.807, 2.05) is 56.3 Å². The molecule has 1 aromatic heterocycles. The van der Waals surface area contributed by atoms with Crippen LogP contribution >= 0.6 is 0 Å². The van der Waals surface area contributed by atoms with Crippen LogP contribution in [-0.2, 0) is 16.1 Å². The van der Waals surface area contributed by atoms with Crippen LogP contribution in [0.5, 0.6) is 0 Å². The molecule has 5 nitrogen and oxygen atoms in total. The number of nitrogens with zero attached hydrogens (tertiary/aromatic N) is 2. The average Bonchev–Trinajstić information content (AvgIpc) is 2.99. The van der Waals surface area contributed by atoms with E-state index in [2.05, 4.69) is 4.98 Å². The number of amides is 1. The summed E-state index contributed by atoms with van der Waals surface area (Å²) >= 11 is 0. The average molecular weight is 398 g/mol. The van der Waals surface area contributed by atoms with Crippen molar-refractivity contribution in [3.63, 3.8) is 0 Å². The number of rotatable bonds is 4. The summed E-state index contributed by atoms with van der Waals surface area (Å²) in [7, 11) is 0. The lowest BCUT2D eigenvalue weighted by molar-refractivity contribution is -0.140. The molecule has 1 aliphatic heterocycles. The number of likely N-dealkylation sites (tertiary alicyclic amines) is 1. The molecule has 1 saturated heterocycles. The number of aryl methyl sites for hydroxylation is 2. The maximum Gasteiger partial charge on any atom is 0.295 e. The fourth-order valence-electron chi connectivity index (χ4n) is 3.79. The summed E-state index contributed by atoms with van der Waals surface area (Å²) in [6, 6.07) is 17.9. The lowest BCUT2D eigenvalue weighted by Crippen LogP contribution is -2.29. The third kappa shape index (κ3) is 3.62. The van der Waals surface area contributed by atoms with Crippen LogP contribution in [0, 0.1) is 13.8 Å². The Morgan fingerprint density at radius 2 is 1.77 bits per heavy atom. The molecule has 5 heteroatoms. The molecule has 2 aromatic carbocycles. The number of hydrogen-bond acceptors (Lipinski definition) is 4. The number of hydrogen-bond donors (Lipinski definition) is 1. The molecule has 1 fully saturated rings. The van der Waals surface area contributed by atoms with E-state index in [9.17, 15) is 14.7 Å². The predicted molar refractivity (Wildman–Crippen MR) is 114 cm³/mol. The zero-order valence-corrected chi connectivity index (χ0v) is 16.9. The predicted octanol–water partition coefficient (Wildman–Crippen LogP) is 4.32. The van der Waals surface area contributed by atoms with Crippen LogP contribution in [0.2, 0.25) is 0 Å². The number of aromatic nitrogens is 1. The fraction of sp³-hybridized carbons (Fsp3) is 0.160. The molecule has 0 radical (unpaired) electrons. The number of aliphatic hydroxyl groups is 1. The minimum absolute atomic E-state index is 0.110. The summed E-state index contributed by atoms with van der Waals surface area (Å²) in [5.74, 6) is -1.46. The largest absolute Gasteiger partial charge is 0.507 e. The molecule has 0 spiro atoms. The molecule has 3 aromatic rings. The molecular weight excluding hydrogens is 376 g/mol. The molecule has 150 valence electrons. The van der Waals surface area contributed by atoms with E-state index in [0.717, 1.165) is 22.3 Å². The highest BCUT2D eigenvalue weighted by atomic mass is 16.3. The Morgan fingerprint density at radius 1 is 1.00 bits per heavy atom. The fourth-order valence-corrected chi connectivity index (χ4v) is 3.79. The number of carbonyl (C=O) groups is 2.